The van der Waals surface area contributed by atoms with Crippen LogP contribution in [-0.4, -0.2) is 58.7 Å². The maximum absolute atomic E-state index is 11.6. The lowest BCUT2D eigenvalue weighted by molar-refractivity contribution is -0.121. The molecule has 2 N–H and O–H groups in total. The number of nitrogens with one attached hydrogen (secondary N) is 2. The largest absolute Gasteiger partial charge is 0.384 e. The predicted octanol–water partition coefficient (Wildman–Crippen LogP) is -1.47. The van der Waals surface area contributed by atoms with Crippen molar-refractivity contribution < 1.29 is 17.9 Å². The van der Waals surface area contributed by atoms with Gasteiger partial charge in [0.1, 0.15) is 0 Å². The molecule has 1 unspecified atom stereocenters. The third-order valence-corrected chi connectivity index (χ3v) is 4.63. The Morgan fingerprint density at radius 1 is 1.56 bits per heavy atom. The van der Waals surface area contributed by atoms with Crippen molar-refractivity contribution in [2.45, 2.75) is 11.7 Å². The van der Waals surface area contributed by atoms with Crippen LogP contribution in [-0.2, 0) is 19.4 Å². The van der Waals surface area contributed by atoms with Gasteiger partial charge in [0.05, 0.1) is 17.6 Å². The van der Waals surface area contributed by atoms with E-state index in [4.69, 9.17) is 4.74 Å². The highest BCUT2D eigenvalue weighted by Crippen LogP contribution is 2.04. The topological polar surface area (TPSA) is 84.5 Å². The lowest BCUT2D eigenvalue weighted by Gasteiger charge is -2.23. The molecule has 1 heterocycles. The molecule has 1 aliphatic rings. The number of hydrogen-bond acceptors (Lipinski definition) is 5. The minimum Gasteiger partial charge on any atom is -0.384 e. The number of ether oxygens (including phenoxy) is 1. The second kappa shape index (κ2) is 6.17. The van der Waals surface area contributed by atoms with Crippen molar-refractivity contribution in [3.8, 4) is 0 Å². The van der Waals surface area contributed by atoms with E-state index in [1.54, 1.807) is 0 Å². The fourth-order valence-corrected chi connectivity index (χ4v) is 2.95. The average Bonchev–Trinajstić information content (AvgIpc) is 2.24. The third-order valence-electron chi connectivity index (χ3n) is 2.50. The number of hydrogen-bond donors (Lipinski definition) is 2. The van der Waals surface area contributed by atoms with Crippen LogP contribution in [0.1, 0.15) is 6.42 Å². The minimum absolute atomic E-state index is 0.144. The average molecular weight is 250 g/mol. The molecule has 0 aromatic rings. The van der Waals surface area contributed by atoms with Crippen LogP contribution in [0, 0.1) is 0 Å². The first-order chi connectivity index (χ1) is 7.56. The fraction of sp³-hybridized carbons (Fsp3) is 0.889. The van der Waals surface area contributed by atoms with E-state index in [1.807, 2.05) is 0 Å². The second-order valence-corrected chi connectivity index (χ2v) is 6.14. The second-order valence-electron chi connectivity index (χ2n) is 3.74. The van der Waals surface area contributed by atoms with Gasteiger partial charge in [-0.2, -0.15) is 0 Å². The Morgan fingerprint density at radius 3 is 2.94 bits per heavy atom. The van der Waals surface area contributed by atoms with Gasteiger partial charge in [0.2, 0.25) is 5.91 Å². The molecule has 1 saturated heterocycles. The molecule has 7 heteroatoms. The summed E-state index contributed by atoms with van der Waals surface area (Å²) in [5.41, 5.74) is 0. The van der Waals surface area contributed by atoms with Gasteiger partial charge in [0.25, 0.3) is 0 Å². The Hall–Kier alpha value is -0.660. The van der Waals surface area contributed by atoms with Gasteiger partial charge in [-0.15, -0.1) is 0 Å². The normalized spacial score (nSPS) is 23.9. The maximum atomic E-state index is 11.6. The zero-order chi connectivity index (χ0) is 12.0. The molecule has 0 saturated carbocycles. The van der Waals surface area contributed by atoms with Gasteiger partial charge in [0, 0.05) is 33.2 Å². The number of sulfone groups is 1. The summed E-state index contributed by atoms with van der Waals surface area (Å²) in [6.07, 6.45) is 0.261. The van der Waals surface area contributed by atoms with Gasteiger partial charge in [-0.1, -0.05) is 0 Å². The molecule has 0 radical (unpaired) electrons. The fourth-order valence-electron chi connectivity index (χ4n) is 1.48. The van der Waals surface area contributed by atoms with Crippen molar-refractivity contribution in [2.75, 3.05) is 39.1 Å². The molecule has 1 fully saturated rings. The Kier molecular flexibility index (Phi) is 5.17. The number of amides is 1. The summed E-state index contributed by atoms with van der Waals surface area (Å²) in [5.74, 6) is -0.0337. The Balaban J connectivity index is 2.33. The monoisotopic (exact) mass is 250 g/mol. The first-order valence-electron chi connectivity index (χ1n) is 5.24. The van der Waals surface area contributed by atoms with Crippen molar-refractivity contribution in [3.63, 3.8) is 0 Å². The van der Waals surface area contributed by atoms with Crippen LogP contribution in [0.15, 0.2) is 0 Å². The van der Waals surface area contributed by atoms with E-state index in [-0.39, 0.29) is 24.6 Å². The highest BCUT2D eigenvalue weighted by molar-refractivity contribution is 7.92. The first kappa shape index (κ1) is 13.4. The van der Waals surface area contributed by atoms with Crippen LogP contribution < -0.4 is 10.6 Å². The van der Waals surface area contributed by atoms with Crippen LogP contribution in [0.3, 0.4) is 0 Å². The van der Waals surface area contributed by atoms with Gasteiger partial charge in [-0.3, -0.25) is 4.79 Å². The molecule has 1 amide bonds. The minimum atomic E-state index is -3.05. The molecule has 0 aromatic carbocycles. The van der Waals surface area contributed by atoms with E-state index in [0.717, 1.165) is 0 Å². The lowest BCUT2D eigenvalue weighted by Crippen LogP contribution is -2.49. The molecular formula is C9H18N2O4S. The van der Waals surface area contributed by atoms with E-state index in [9.17, 15) is 13.2 Å². The van der Waals surface area contributed by atoms with Crippen molar-refractivity contribution in [3.05, 3.63) is 0 Å². The van der Waals surface area contributed by atoms with E-state index in [2.05, 4.69) is 10.6 Å². The quantitative estimate of drug-likeness (QED) is 0.622. The van der Waals surface area contributed by atoms with Gasteiger partial charge >= 0.3 is 0 Å². The highest BCUT2D eigenvalue weighted by Gasteiger charge is 2.28. The van der Waals surface area contributed by atoms with E-state index < -0.39 is 15.1 Å². The summed E-state index contributed by atoms with van der Waals surface area (Å²) in [6, 6.07) is 0. The van der Waals surface area contributed by atoms with Crippen LogP contribution in [0.5, 0.6) is 0 Å². The van der Waals surface area contributed by atoms with Crippen LogP contribution >= 0.6 is 0 Å². The summed E-state index contributed by atoms with van der Waals surface area (Å²) in [4.78, 5) is 11.2. The summed E-state index contributed by atoms with van der Waals surface area (Å²) >= 11 is 0. The van der Waals surface area contributed by atoms with E-state index in [0.29, 0.717) is 19.7 Å². The summed E-state index contributed by atoms with van der Waals surface area (Å²) in [5, 5.41) is 5.10. The number of carbonyl (C=O) groups excluding carboxylic acids is 1. The van der Waals surface area contributed by atoms with Crippen molar-refractivity contribution in [1.82, 2.24) is 10.6 Å². The van der Waals surface area contributed by atoms with Gasteiger partial charge in [-0.05, 0) is 0 Å². The predicted molar refractivity (Wildman–Crippen MR) is 59.9 cm³/mol. The number of carbonyl (C=O) groups is 1. The van der Waals surface area contributed by atoms with Crippen LogP contribution in [0.4, 0.5) is 0 Å². The molecule has 0 bridgehead atoms. The first-order valence-corrected chi connectivity index (χ1v) is 6.95. The Morgan fingerprint density at radius 2 is 2.31 bits per heavy atom. The Labute approximate surface area is 95.7 Å². The molecule has 1 atom stereocenters. The summed E-state index contributed by atoms with van der Waals surface area (Å²) in [6.45, 7) is 1.43. The maximum Gasteiger partial charge on any atom is 0.222 e. The van der Waals surface area contributed by atoms with Gasteiger partial charge < -0.3 is 15.4 Å². The van der Waals surface area contributed by atoms with Crippen molar-refractivity contribution in [2.24, 2.45) is 0 Å². The molecule has 0 aliphatic carbocycles. The molecule has 16 heavy (non-hydrogen) atoms. The molecular weight excluding hydrogens is 232 g/mol. The third kappa shape index (κ3) is 4.07. The lowest BCUT2D eigenvalue weighted by atomic mass is 10.3. The van der Waals surface area contributed by atoms with Gasteiger partial charge in [0.15, 0.2) is 9.84 Å². The SMILES string of the molecule is COCCC(=O)NCC1CNCCS1(=O)=O. The zero-order valence-electron chi connectivity index (χ0n) is 9.36. The number of rotatable bonds is 5. The standard InChI is InChI=1S/C9H18N2O4S/c1-15-4-2-9(12)11-7-8-6-10-3-5-16(8,13)14/h8,10H,2-7H2,1H3,(H,11,12). The number of methoxy groups -OCH3 is 1. The Bertz CT molecular complexity index is 328. The van der Waals surface area contributed by atoms with E-state index >= 15 is 0 Å². The smallest absolute Gasteiger partial charge is 0.222 e. The molecule has 0 spiro atoms. The summed E-state index contributed by atoms with van der Waals surface area (Å²) < 4.78 is 27.9. The molecule has 6 nitrogen and oxygen atoms in total. The molecule has 94 valence electrons. The van der Waals surface area contributed by atoms with Crippen molar-refractivity contribution in [1.29, 1.82) is 0 Å². The van der Waals surface area contributed by atoms with Crippen LogP contribution in [0.2, 0.25) is 0 Å². The summed E-state index contributed by atoms with van der Waals surface area (Å²) in [7, 11) is -1.53. The molecule has 1 aliphatic heterocycles. The van der Waals surface area contributed by atoms with Crippen LogP contribution in [0.25, 0.3) is 0 Å². The molecule has 0 aromatic heterocycles. The van der Waals surface area contributed by atoms with E-state index in [1.165, 1.54) is 7.11 Å². The molecule has 1 rings (SSSR count). The van der Waals surface area contributed by atoms with Gasteiger partial charge in [-0.25, -0.2) is 8.42 Å². The van der Waals surface area contributed by atoms with Crippen molar-refractivity contribution >= 4 is 15.7 Å². The zero-order valence-corrected chi connectivity index (χ0v) is 10.2. The highest BCUT2D eigenvalue weighted by atomic mass is 32.2.